The molecule has 0 aliphatic carbocycles. The molecule has 0 saturated carbocycles. The molecule has 0 bridgehead atoms. The van der Waals surface area contributed by atoms with Crippen molar-refractivity contribution in [2.24, 2.45) is 0 Å². The summed E-state index contributed by atoms with van der Waals surface area (Å²) in [6, 6.07) is 6.64. The van der Waals surface area contributed by atoms with E-state index in [0.29, 0.717) is 17.1 Å². The van der Waals surface area contributed by atoms with Crippen LogP contribution in [0.4, 0.5) is 5.69 Å². The minimum atomic E-state index is 0.454. The Balaban J connectivity index is 2.28. The number of nitrogens with zero attached hydrogens (tertiary/aromatic N) is 1. The minimum absolute atomic E-state index is 0.454. The second-order valence-corrected chi connectivity index (χ2v) is 5.25. The average molecular weight is 259 g/mol. The Morgan fingerprint density at radius 2 is 2.06 bits per heavy atom. The third kappa shape index (κ3) is 2.45. The highest BCUT2D eigenvalue weighted by molar-refractivity contribution is 6.36. The summed E-state index contributed by atoms with van der Waals surface area (Å²) in [5.74, 6) is 0. The van der Waals surface area contributed by atoms with E-state index in [9.17, 15) is 0 Å². The van der Waals surface area contributed by atoms with Crippen LogP contribution in [0.25, 0.3) is 0 Å². The zero-order chi connectivity index (χ0) is 11.7. The molecule has 1 aromatic rings. The van der Waals surface area contributed by atoms with Crippen LogP contribution in [0.2, 0.25) is 10.0 Å². The van der Waals surface area contributed by atoms with Crippen molar-refractivity contribution in [3.8, 4) is 0 Å². The molecule has 0 spiro atoms. The molecule has 2 atom stereocenters. The predicted molar refractivity (Wildman–Crippen MR) is 70.7 cm³/mol. The van der Waals surface area contributed by atoms with Gasteiger partial charge in [0.05, 0.1) is 10.7 Å². The zero-order valence-electron chi connectivity index (χ0n) is 9.50. The number of piperazine rings is 1. The van der Waals surface area contributed by atoms with E-state index in [2.05, 4.69) is 24.1 Å². The summed E-state index contributed by atoms with van der Waals surface area (Å²) in [4.78, 5) is 2.33. The maximum atomic E-state index is 6.23. The van der Waals surface area contributed by atoms with Gasteiger partial charge in [-0.05, 0) is 32.0 Å². The van der Waals surface area contributed by atoms with E-state index in [0.717, 1.165) is 23.8 Å². The SMILES string of the molecule is C[C@@H]1CN[C@@H](C)CN1c1ccc(Cl)cc1Cl. The molecule has 1 aromatic carbocycles. The van der Waals surface area contributed by atoms with E-state index >= 15 is 0 Å². The van der Waals surface area contributed by atoms with Gasteiger partial charge in [0, 0.05) is 30.2 Å². The molecule has 0 amide bonds. The summed E-state index contributed by atoms with van der Waals surface area (Å²) in [7, 11) is 0. The lowest BCUT2D eigenvalue weighted by molar-refractivity contribution is 0.425. The molecule has 1 fully saturated rings. The van der Waals surface area contributed by atoms with Gasteiger partial charge in [0.1, 0.15) is 0 Å². The van der Waals surface area contributed by atoms with Crippen molar-refractivity contribution >= 4 is 28.9 Å². The molecular weight excluding hydrogens is 243 g/mol. The van der Waals surface area contributed by atoms with Crippen molar-refractivity contribution in [2.75, 3.05) is 18.0 Å². The Bertz CT molecular complexity index is 381. The topological polar surface area (TPSA) is 15.3 Å². The Morgan fingerprint density at radius 1 is 1.31 bits per heavy atom. The van der Waals surface area contributed by atoms with E-state index in [1.165, 1.54) is 0 Å². The highest BCUT2D eigenvalue weighted by Crippen LogP contribution is 2.30. The molecule has 2 rings (SSSR count). The van der Waals surface area contributed by atoms with Gasteiger partial charge in [-0.3, -0.25) is 0 Å². The Kier molecular flexibility index (Phi) is 3.63. The molecule has 1 heterocycles. The average Bonchev–Trinajstić information content (AvgIpc) is 2.22. The molecule has 0 unspecified atom stereocenters. The van der Waals surface area contributed by atoms with Crippen LogP contribution < -0.4 is 10.2 Å². The van der Waals surface area contributed by atoms with Gasteiger partial charge in [-0.1, -0.05) is 23.2 Å². The largest absolute Gasteiger partial charge is 0.365 e. The summed E-state index contributed by atoms with van der Waals surface area (Å²) >= 11 is 12.1. The maximum Gasteiger partial charge on any atom is 0.0654 e. The van der Waals surface area contributed by atoms with E-state index in [-0.39, 0.29) is 0 Å². The number of hydrogen-bond acceptors (Lipinski definition) is 2. The fraction of sp³-hybridized carbons (Fsp3) is 0.500. The van der Waals surface area contributed by atoms with Crippen LogP contribution in [0.15, 0.2) is 18.2 Å². The molecule has 16 heavy (non-hydrogen) atoms. The first kappa shape index (κ1) is 12.0. The van der Waals surface area contributed by atoms with Crippen LogP contribution in [0, 0.1) is 0 Å². The predicted octanol–water partition coefficient (Wildman–Crippen LogP) is 3.18. The number of nitrogens with one attached hydrogen (secondary N) is 1. The highest BCUT2D eigenvalue weighted by Gasteiger charge is 2.23. The summed E-state index contributed by atoms with van der Waals surface area (Å²) in [6.07, 6.45) is 0. The number of halogens is 2. The fourth-order valence-corrected chi connectivity index (χ4v) is 2.59. The van der Waals surface area contributed by atoms with Gasteiger partial charge in [0.15, 0.2) is 0 Å². The summed E-state index contributed by atoms with van der Waals surface area (Å²) in [6.45, 7) is 6.34. The number of hydrogen-bond donors (Lipinski definition) is 1. The van der Waals surface area contributed by atoms with Crippen LogP contribution in [0.1, 0.15) is 13.8 Å². The number of anilines is 1. The van der Waals surface area contributed by atoms with E-state index in [4.69, 9.17) is 23.2 Å². The smallest absolute Gasteiger partial charge is 0.0654 e. The molecule has 1 aliphatic rings. The normalized spacial score (nSPS) is 25.9. The van der Waals surface area contributed by atoms with Gasteiger partial charge in [-0.2, -0.15) is 0 Å². The summed E-state index contributed by atoms with van der Waals surface area (Å²) in [5, 5.41) is 4.87. The van der Waals surface area contributed by atoms with Gasteiger partial charge < -0.3 is 10.2 Å². The molecular formula is C12H16Cl2N2. The summed E-state index contributed by atoms with van der Waals surface area (Å²) in [5.41, 5.74) is 1.08. The lowest BCUT2D eigenvalue weighted by atomic mass is 10.1. The first-order valence-corrected chi connectivity index (χ1v) is 6.28. The monoisotopic (exact) mass is 258 g/mol. The Hall–Kier alpha value is -0.440. The van der Waals surface area contributed by atoms with Crippen LogP contribution in [0.3, 0.4) is 0 Å². The molecule has 1 saturated heterocycles. The standard InChI is InChI=1S/C12H16Cl2N2/c1-8-7-16(9(2)6-15-8)12-4-3-10(13)5-11(12)14/h3-5,8-9,15H,6-7H2,1-2H3/t8-,9+/m0/s1. The third-order valence-electron chi connectivity index (χ3n) is 2.98. The molecule has 88 valence electrons. The van der Waals surface area contributed by atoms with Crippen molar-refractivity contribution in [3.05, 3.63) is 28.2 Å². The van der Waals surface area contributed by atoms with Crippen LogP contribution in [-0.4, -0.2) is 25.2 Å². The number of benzene rings is 1. The Labute approximate surface area is 107 Å². The van der Waals surface area contributed by atoms with Gasteiger partial charge in [-0.15, -0.1) is 0 Å². The van der Waals surface area contributed by atoms with Crippen molar-refractivity contribution < 1.29 is 0 Å². The van der Waals surface area contributed by atoms with E-state index < -0.39 is 0 Å². The maximum absolute atomic E-state index is 6.23. The van der Waals surface area contributed by atoms with Gasteiger partial charge in [0.2, 0.25) is 0 Å². The minimum Gasteiger partial charge on any atom is -0.365 e. The van der Waals surface area contributed by atoms with Crippen molar-refractivity contribution in [2.45, 2.75) is 25.9 Å². The van der Waals surface area contributed by atoms with E-state index in [1.54, 1.807) is 6.07 Å². The summed E-state index contributed by atoms with van der Waals surface area (Å²) < 4.78 is 0. The van der Waals surface area contributed by atoms with Gasteiger partial charge in [0.25, 0.3) is 0 Å². The second kappa shape index (κ2) is 4.82. The second-order valence-electron chi connectivity index (χ2n) is 4.41. The van der Waals surface area contributed by atoms with Gasteiger partial charge >= 0.3 is 0 Å². The molecule has 1 N–H and O–H groups in total. The molecule has 1 aliphatic heterocycles. The third-order valence-corrected chi connectivity index (χ3v) is 3.52. The lowest BCUT2D eigenvalue weighted by Gasteiger charge is -2.39. The zero-order valence-corrected chi connectivity index (χ0v) is 11.0. The van der Waals surface area contributed by atoms with Crippen molar-refractivity contribution in [1.82, 2.24) is 5.32 Å². The van der Waals surface area contributed by atoms with E-state index in [1.807, 2.05) is 12.1 Å². The Morgan fingerprint density at radius 3 is 2.75 bits per heavy atom. The molecule has 4 heteroatoms. The lowest BCUT2D eigenvalue weighted by Crippen LogP contribution is -2.54. The molecule has 0 aromatic heterocycles. The van der Waals surface area contributed by atoms with Crippen molar-refractivity contribution in [3.63, 3.8) is 0 Å². The van der Waals surface area contributed by atoms with Crippen LogP contribution >= 0.6 is 23.2 Å². The molecule has 2 nitrogen and oxygen atoms in total. The van der Waals surface area contributed by atoms with Crippen molar-refractivity contribution in [1.29, 1.82) is 0 Å². The van der Waals surface area contributed by atoms with Crippen LogP contribution in [0.5, 0.6) is 0 Å². The fourth-order valence-electron chi connectivity index (χ4n) is 2.07. The van der Waals surface area contributed by atoms with Crippen LogP contribution in [-0.2, 0) is 0 Å². The highest BCUT2D eigenvalue weighted by atomic mass is 35.5. The molecule has 0 radical (unpaired) electrons. The first-order valence-electron chi connectivity index (χ1n) is 5.53. The number of rotatable bonds is 1. The van der Waals surface area contributed by atoms with Gasteiger partial charge in [-0.25, -0.2) is 0 Å². The first-order chi connectivity index (χ1) is 7.58. The quantitative estimate of drug-likeness (QED) is 0.833.